The molecule has 0 saturated heterocycles. The number of aliphatic carboxylic acids is 1. The number of ether oxygens (including phenoxy) is 1. The van der Waals surface area contributed by atoms with Crippen molar-refractivity contribution in [2.75, 3.05) is 18.2 Å². The first-order chi connectivity index (χ1) is 14.9. The van der Waals surface area contributed by atoms with Gasteiger partial charge in [0, 0.05) is 29.8 Å². The minimum absolute atomic E-state index is 0.225. The summed E-state index contributed by atoms with van der Waals surface area (Å²) in [5.74, 6) is 0.844. The van der Waals surface area contributed by atoms with Crippen molar-refractivity contribution >= 4 is 46.5 Å². The summed E-state index contributed by atoms with van der Waals surface area (Å²) in [5.41, 5.74) is 9.54. The third-order valence-corrected chi connectivity index (χ3v) is 4.08. The number of methoxy groups -OCH3 is 1. The summed E-state index contributed by atoms with van der Waals surface area (Å²) in [7, 11) is 1.66. The van der Waals surface area contributed by atoms with Gasteiger partial charge in [-0.3, -0.25) is 9.89 Å². The molecule has 0 aliphatic heterocycles. The molecule has 158 valence electrons. The maximum Gasteiger partial charge on any atom is 0.300 e. The zero-order chi connectivity index (χ0) is 22.2. The van der Waals surface area contributed by atoms with E-state index in [0.717, 1.165) is 40.4 Å². The van der Waals surface area contributed by atoms with Crippen molar-refractivity contribution in [2.24, 2.45) is 0 Å². The van der Waals surface area contributed by atoms with Crippen molar-refractivity contribution in [2.45, 2.75) is 6.92 Å². The van der Waals surface area contributed by atoms with Crippen LogP contribution in [0.3, 0.4) is 0 Å². The highest BCUT2D eigenvalue weighted by molar-refractivity contribution is 5.93. The molecule has 0 fully saturated rings. The number of rotatable bonds is 5. The van der Waals surface area contributed by atoms with Gasteiger partial charge >= 0.3 is 0 Å². The normalized spacial score (nSPS) is 10.5. The molecular weight excluding hydrogens is 396 g/mol. The number of anilines is 3. The third-order valence-electron chi connectivity index (χ3n) is 4.08. The number of aromatic amines is 1. The van der Waals surface area contributed by atoms with Crippen molar-refractivity contribution in [3.05, 3.63) is 66.0 Å². The number of nitrogens with one attached hydrogen (secondary N) is 2. The fraction of sp³-hybridized carbons (Fsp3) is 0.0909. The molecule has 0 unspecified atom stereocenters. The Hall–Kier alpha value is -4.40. The summed E-state index contributed by atoms with van der Waals surface area (Å²) in [4.78, 5) is 17.1. The lowest BCUT2D eigenvalue weighted by atomic mass is 10.1. The molecule has 0 bridgehead atoms. The van der Waals surface area contributed by atoms with Crippen LogP contribution in [0.25, 0.3) is 23.1 Å². The lowest BCUT2D eigenvalue weighted by Crippen LogP contribution is -1.99. The maximum atomic E-state index is 9.00. The highest BCUT2D eigenvalue weighted by Crippen LogP contribution is 2.26. The molecule has 9 heteroatoms. The average molecular weight is 418 g/mol. The quantitative estimate of drug-likeness (QED) is 0.357. The van der Waals surface area contributed by atoms with Crippen LogP contribution in [0.4, 0.5) is 17.5 Å². The molecule has 0 aliphatic rings. The second-order valence-electron chi connectivity index (χ2n) is 6.45. The fourth-order valence-electron chi connectivity index (χ4n) is 2.81. The Morgan fingerprint density at radius 1 is 1.23 bits per heavy atom. The Morgan fingerprint density at radius 3 is 2.77 bits per heavy atom. The van der Waals surface area contributed by atoms with Gasteiger partial charge in [0.2, 0.25) is 5.95 Å². The van der Waals surface area contributed by atoms with Crippen molar-refractivity contribution < 1.29 is 14.6 Å². The Morgan fingerprint density at radius 2 is 2.03 bits per heavy atom. The predicted molar refractivity (Wildman–Crippen MR) is 121 cm³/mol. The van der Waals surface area contributed by atoms with Crippen molar-refractivity contribution in [1.82, 2.24) is 20.2 Å². The molecule has 0 spiro atoms. The molecule has 0 radical (unpaired) electrons. The van der Waals surface area contributed by atoms with Crippen LogP contribution in [0.1, 0.15) is 18.1 Å². The molecular formula is C22H22N6O3. The summed E-state index contributed by atoms with van der Waals surface area (Å²) in [6, 6.07) is 13.7. The number of H-pyrrole nitrogens is 1. The van der Waals surface area contributed by atoms with E-state index in [1.54, 1.807) is 25.6 Å². The molecule has 2 heterocycles. The van der Waals surface area contributed by atoms with Crippen LogP contribution in [0.2, 0.25) is 0 Å². The molecule has 2 aromatic heterocycles. The number of hydrogen-bond acceptors (Lipinski definition) is 7. The van der Waals surface area contributed by atoms with Gasteiger partial charge in [0.15, 0.2) is 0 Å². The van der Waals surface area contributed by atoms with Gasteiger partial charge in [-0.25, -0.2) is 4.98 Å². The summed E-state index contributed by atoms with van der Waals surface area (Å²) >= 11 is 0. The molecule has 4 rings (SSSR count). The van der Waals surface area contributed by atoms with Gasteiger partial charge in [0.1, 0.15) is 11.6 Å². The molecule has 4 aromatic rings. The van der Waals surface area contributed by atoms with E-state index in [1.165, 1.54) is 0 Å². The maximum absolute atomic E-state index is 9.00. The van der Waals surface area contributed by atoms with Gasteiger partial charge in [0.25, 0.3) is 5.97 Å². The van der Waals surface area contributed by atoms with Gasteiger partial charge < -0.3 is 20.9 Å². The van der Waals surface area contributed by atoms with E-state index in [9.17, 15) is 0 Å². The zero-order valence-electron chi connectivity index (χ0n) is 17.0. The summed E-state index contributed by atoms with van der Waals surface area (Å²) in [6.07, 6.45) is 7.47. The second kappa shape index (κ2) is 9.88. The Balaban J connectivity index is 0.000000628. The van der Waals surface area contributed by atoms with Gasteiger partial charge in [-0.1, -0.05) is 24.3 Å². The standard InChI is InChI=1S/C20H18N6O.C2H4O2/c1-27-17-4-2-3-13(9-17)5-6-14-10-16(11-15-12-23-26-19(14)15)24-18-7-8-22-20(21)25-18;1-2(3)4/h2-12H,1H3,(H,23,26)(H3,21,22,24,25);1H3,(H,3,4)/b6-5+;. The highest BCUT2D eigenvalue weighted by atomic mass is 16.5. The smallest absolute Gasteiger partial charge is 0.300 e. The topological polar surface area (TPSA) is 139 Å². The molecule has 0 atom stereocenters. The largest absolute Gasteiger partial charge is 0.497 e. The van der Waals surface area contributed by atoms with Crippen LogP contribution >= 0.6 is 0 Å². The van der Waals surface area contributed by atoms with E-state index in [0.29, 0.717) is 5.82 Å². The molecule has 9 nitrogen and oxygen atoms in total. The minimum Gasteiger partial charge on any atom is -0.497 e. The monoisotopic (exact) mass is 418 g/mol. The summed E-state index contributed by atoms with van der Waals surface area (Å²) in [6.45, 7) is 1.08. The number of carboxylic acid groups (broad SMARTS) is 1. The Bertz CT molecular complexity index is 1210. The molecule has 5 N–H and O–H groups in total. The predicted octanol–water partition coefficient (Wildman–Crippen LogP) is 3.95. The van der Waals surface area contributed by atoms with Crippen LogP contribution in [0.15, 0.2) is 54.9 Å². The van der Waals surface area contributed by atoms with Crippen LogP contribution in [-0.2, 0) is 4.79 Å². The van der Waals surface area contributed by atoms with Gasteiger partial charge in [-0.15, -0.1) is 0 Å². The highest BCUT2D eigenvalue weighted by Gasteiger charge is 2.06. The van der Waals surface area contributed by atoms with E-state index in [1.807, 2.05) is 48.6 Å². The molecule has 2 aromatic carbocycles. The van der Waals surface area contributed by atoms with Crippen molar-refractivity contribution in [1.29, 1.82) is 0 Å². The van der Waals surface area contributed by atoms with Crippen LogP contribution < -0.4 is 15.8 Å². The Labute approximate surface area is 178 Å². The van der Waals surface area contributed by atoms with E-state index in [4.69, 9.17) is 20.4 Å². The molecule has 0 aliphatic carbocycles. The number of carbonyl (C=O) groups is 1. The van der Waals surface area contributed by atoms with E-state index >= 15 is 0 Å². The number of benzene rings is 2. The van der Waals surface area contributed by atoms with Gasteiger partial charge in [0.05, 0.1) is 18.8 Å². The number of nitrogens with zero attached hydrogens (tertiary/aromatic N) is 3. The average Bonchev–Trinajstić information content (AvgIpc) is 3.20. The number of aromatic nitrogens is 4. The lowest BCUT2D eigenvalue weighted by Gasteiger charge is -2.08. The summed E-state index contributed by atoms with van der Waals surface area (Å²) < 4.78 is 5.28. The van der Waals surface area contributed by atoms with E-state index < -0.39 is 5.97 Å². The van der Waals surface area contributed by atoms with E-state index in [-0.39, 0.29) is 5.95 Å². The number of nitrogen functional groups attached to an aromatic ring is 1. The van der Waals surface area contributed by atoms with Crippen LogP contribution in [0, 0.1) is 0 Å². The number of fused-ring (bicyclic) bond motifs is 1. The first-order valence-electron chi connectivity index (χ1n) is 9.29. The third kappa shape index (κ3) is 6.04. The van der Waals surface area contributed by atoms with Gasteiger partial charge in [-0.05, 0) is 35.9 Å². The van der Waals surface area contributed by atoms with Gasteiger partial charge in [-0.2, -0.15) is 10.1 Å². The van der Waals surface area contributed by atoms with E-state index in [2.05, 4.69) is 25.5 Å². The fourth-order valence-corrected chi connectivity index (χ4v) is 2.81. The lowest BCUT2D eigenvalue weighted by molar-refractivity contribution is -0.134. The SMILES string of the molecule is CC(=O)O.COc1cccc(/C=C/c2cc(Nc3ccnc(N)n3)cc3cn[nH]c23)c1. The number of hydrogen-bond donors (Lipinski definition) is 4. The van der Waals surface area contributed by atoms with Crippen LogP contribution in [0.5, 0.6) is 5.75 Å². The number of carboxylic acids is 1. The molecule has 0 saturated carbocycles. The molecule has 0 amide bonds. The van der Waals surface area contributed by atoms with Crippen molar-refractivity contribution in [3.8, 4) is 5.75 Å². The first-order valence-corrected chi connectivity index (χ1v) is 9.29. The summed E-state index contributed by atoms with van der Waals surface area (Å²) in [5, 5.41) is 18.9. The first kappa shape index (κ1) is 21.3. The minimum atomic E-state index is -0.833. The second-order valence-corrected chi connectivity index (χ2v) is 6.45. The van der Waals surface area contributed by atoms with Crippen molar-refractivity contribution in [3.63, 3.8) is 0 Å². The zero-order valence-corrected chi connectivity index (χ0v) is 17.0. The Kier molecular flexibility index (Phi) is 6.79. The number of nitrogens with two attached hydrogens (primary N) is 1. The van der Waals surface area contributed by atoms with Crippen LogP contribution in [-0.4, -0.2) is 38.4 Å². The molecule has 31 heavy (non-hydrogen) atoms.